The highest BCUT2D eigenvalue weighted by atomic mass is 16.8. The summed E-state index contributed by atoms with van der Waals surface area (Å²) in [4.78, 5) is 4.27. The lowest BCUT2D eigenvalue weighted by Gasteiger charge is -1.80. The molecule has 0 fully saturated rings. The highest BCUT2D eigenvalue weighted by molar-refractivity contribution is 5.60. The van der Waals surface area contributed by atoms with Crippen LogP contribution in [0.25, 0.3) is 0 Å². The summed E-state index contributed by atoms with van der Waals surface area (Å²) in [7, 11) is 0. The van der Waals surface area contributed by atoms with Gasteiger partial charge >= 0.3 is 0 Å². The monoisotopic (exact) mass is 150 g/mol. The van der Waals surface area contributed by atoms with Crippen molar-refractivity contribution < 1.29 is 4.94 Å². The standard InChI is InChI=1S/C6H6N4O/c7-3-1-5-9-11-10-6-2-4-8/h5-6H,1-2H2. The Morgan fingerprint density at radius 3 is 1.91 bits per heavy atom. The summed E-state index contributed by atoms with van der Waals surface area (Å²) in [6, 6.07) is 3.67. The van der Waals surface area contributed by atoms with Crippen molar-refractivity contribution in [3.8, 4) is 12.1 Å². The molecule has 11 heavy (non-hydrogen) atoms. The van der Waals surface area contributed by atoms with E-state index in [1.165, 1.54) is 12.4 Å². The van der Waals surface area contributed by atoms with Crippen LogP contribution in [0, 0.1) is 22.7 Å². The molecule has 0 aliphatic rings. The molecule has 0 unspecified atom stereocenters. The molecule has 0 aromatic carbocycles. The Morgan fingerprint density at radius 2 is 1.55 bits per heavy atom. The Hall–Kier alpha value is -1.88. The van der Waals surface area contributed by atoms with Crippen molar-refractivity contribution in [3.63, 3.8) is 0 Å². The van der Waals surface area contributed by atoms with E-state index in [0.717, 1.165) is 0 Å². The second-order valence-corrected chi connectivity index (χ2v) is 1.38. The molecule has 0 aliphatic carbocycles. The maximum absolute atomic E-state index is 8.03. The van der Waals surface area contributed by atoms with Gasteiger partial charge in [0.1, 0.15) is 0 Å². The van der Waals surface area contributed by atoms with Crippen molar-refractivity contribution in [2.24, 2.45) is 10.3 Å². The molecule has 5 heteroatoms. The zero-order valence-electron chi connectivity index (χ0n) is 5.77. The largest absolute Gasteiger partial charge is 0.245 e. The molecular weight excluding hydrogens is 144 g/mol. The van der Waals surface area contributed by atoms with Crippen LogP contribution in [0.2, 0.25) is 0 Å². The average molecular weight is 150 g/mol. The van der Waals surface area contributed by atoms with E-state index in [9.17, 15) is 0 Å². The lowest BCUT2D eigenvalue weighted by molar-refractivity contribution is 0.158. The first-order valence-electron chi connectivity index (χ1n) is 2.85. The second-order valence-electron chi connectivity index (χ2n) is 1.38. The maximum atomic E-state index is 8.03. The third-order valence-electron chi connectivity index (χ3n) is 0.609. The molecule has 56 valence electrons. The summed E-state index contributed by atoms with van der Waals surface area (Å²) in [5, 5.41) is 22.6. The molecule has 5 nitrogen and oxygen atoms in total. The number of nitriles is 2. The van der Waals surface area contributed by atoms with Gasteiger partial charge in [0.2, 0.25) is 0 Å². The summed E-state index contributed by atoms with van der Waals surface area (Å²) < 4.78 is 0. The molecular formula is C6H6N4O. The molecule has 0 aliphatic heterocycles. The van der Waals surface area contributed by atoms with Gasteiger partial charge in [-0.1, -0.05) is 10.3 Å². The fourth-order valence-corrected chi connectivity index (χ4v) is 0.250. The fourth-order valence-electron chi connectivity index (χ4n) is 0.250. The maximum Gasteiger partial charge on any atom is 0.0739 e. The molecule has 0 amide bonds. The van der Waals surface area contributed by atoms with Crippen molar-refractivity contribution in [1.82, 2.24) is 0 Å². The normalized spacial score (nSPS) is 9.64. The first kappa shape index (κ1) is 9.12. The Morgan fingerprint density at radius 1 is 1.09 bits per heavy atom. The van der Waals surface area contributed by atoms with Crippen LogP contribution in [0.3, 0.4) is 0 Å². The first-order valence-corrected chi connectivity index (χ1v) is 2.85. The van der Waals surface area contributed by atoms with Gasteiger partial charge in [-0.15, -0.1) is 0 Å². The van der Waals surface area contributed by atoms with E-state index in [4.69, 9.17) is 10.5 Å². The highest BCUT2D eigenvalue weighted by Crippen LogP contribution is 1.77. The summed E-state index contributed by atoms with van der Waals surface area (Å²) in [5.41, 5.74) is 0. The molecule has 0 atom stereocenters. The Balaban J connectivity index is 3.28. The zero-order valence-corrected chi connectivity index (χ0v) is 5.77. The molecule has 0 bridgehead atoms. The molecule has 0 aromatic rings. The third kappa shape index (κ3) is 8.12. The fraction of sp³-hybridized carbons (Fsp3) is 0.333. The lowest BCUT2D eigenvalue weighted by atomic mass is 10.5. The Kier molecular flexibility index (Phi) is 6.73. The van der Waals surface area contributed by atoms with Crippen LogP contribution in [-0.2, 0) is 4.94 Å². The van der Waals surface area contributed by atoms with Crippen LogP contribution in [0.1, 0.15) is 12.8 Å². The van der Waals surface area contributed by atoms with Gasteiger partial charge in [-0.05, 0) is 0 Å². The smallest absolute Gasteiger partial charge is 0.0739 e. The number of hydrogen-bond donors (Lipinski definition) is 0. The summed E-state index contributed by atoms with van der Waals surface area (Å²) >= 11 is 0. The van der Waals surface area contributed by atoms with Crippen LogP contribution < -0.4 is 0 Å². The topological polar surface area (TPSA) is 81.5 Å². The molecule has 0 N–H and O–H groups in total. The Labute approximate surface area is 64.2 Å². The first-order chi connectivity index (χ1) is 5.41. The molecule has 0 saturated carbocycles. The van der Waals surface area contributed by atoms with Crippen molar-refractivity contribution in [2.75, 3.05) is 0 Å². The number of nitrogens with zero attached hydrogens (tertiary/aromatic N) is 4. The molecule has 0 saturated heterocycles. The van der Waals surface area contributed by atoms with E-state index in [0.29, 0.717) is 0 Å². The second kappa shape index (κ2) is 8.12. The van der Waals surface area contributed by atoms with Gasteiger partial charge in [-0.2, -0.15) is 10.5 Å². The van der Waals surface area contributed by atoms with E-state index >= 15 is 0 Å². The van der Waals surface area contributed by atoms with Gasteiger partial charge in [0.05, 0.1) is 37.4 Å². The summed E-state index contributed by atoms with van der Waals surface area (Å²) in [6.45, 7) is 0. The van der Waals surface area contributed by atoms with Gasteiger partial charge in [0, 0.05) is 0 Å². The quantitative estimate of drug-likeness (QED) is 0.439. The van der Waals surface area contributed by atoms with Crippen molar-refractivity contribution in [3.05, 3.63) is 0 Å². The van der Waals surface area contributed by atoms with Crippen LogP contribution in [0.5, 0.6) is 0 Å². The van der Waals surface area contributed by atoms with Crippen molar-refractivity contribution in [2.45, 2.75) is 12.8 Å². The van der Waals surface area contributed by atoms with E-state index in [-0.39, 0.29) is 12.8 Å². The minimum absolute atomic E-state index is 0.188. The van der Waals surface area contributed by atoms with Gasteiger partial charge in [-0.25, -0.2) is 4.94 Å². The SMILES string of the molecule is N#CCC=NON=CCC#N. The third-order valence-corrected chi connectivity index (χ3v) is 0.609. The van der Waals surface area contributed by atoms with Gasteiger partial charge in [-0.3, -0.25) is 0 Å². The molecule has 0 aromatic heterocycles. The predicted octanol–water partition coefficient (Wildman–Crippen LogP) is 0.802. The minimum atomic E-state index is 0.188. The predicted molar refractivity (Wildman–Crippen MR) is 38.5 cm³/mol. The van der Waals surface area contributed by atoms with E-state index in [2.05, 4.69) is 15.2 Å². The van der Waals surface area contributed by atoms with E-state index < -0.39 is 0 Å². The average Bonchev–Trinajstić information content (AvgIpc) is 2.03. The number of oxime groups is 2. The van der Waals surface area contributed by atoms with Crippen LogP contribution in [0.15, 0.2) is 10.3 Å². The van der Waals surface area contributed by atoms with Crippen molar-refractivity contribution in [1.29, 1.82) is 10.5 Å². The van der Waals surface area contributed by atoms with Crippen LogP contribution in [-0.4, -0.2) is 12.4 Å². The zero-order chi connectivity index (χ0) is 8.36. The van der Waals surface area contributed by atoms with E-state index in [1.807, 2.05) is 12.1 Å². The van der Waals surface area contributed by atoms with Gasteiger partial charge in [0.15, 0.2) is 0 Å². The molecule has 0 radical (unpaired) electrons. The number of rotatable bonds is 4. The molecule has 0 spiro atoms. The summed E-state index contributed by atoms with van der Waals surface area (Å²) in [6.07, 6.45) is 2.94. The molecule has 0 rings (SSSR count). The summed E-state index contributed by atoms with van der Waals surface area (Å²) in [5.74, 6) is 0. The Bertz CT molecular complexity index is 196. The van der Waals surface area contributed by atoms with Crippen molar-refractivity contribution >= 4 is 12.4 Å². The minimum Gasteiger partial charge on any atom is -0.245 e. The lowest BCUT2D eigenvalue weighted by Crippen LogP contribution is -1.75. The molecule has 0 heterocycles. The van der Waals surface area contributed by atoms with E-state index in [1.54, 1.807) is 0 Å². The highest BCUT2D eigenvalue weighted by Gasteiger charge is 1.73. The van der Waals surface area contributed by atoms with Crippen LogP contribution >= 0.6 is 0 Å². The van der Waals surface area contributed by atoms with Gasteiger partial charge in [0.25, 0.3) is 0 Å². The number of hydrogen-bond acceptors (Lipinski definition) is 5. The van der Waals surface area contributed by atoms with Gasteiger partial charge < -0.3 is 0 Å². The van der Waals surface area contributed by atoms with Crippen LogP contribution in [0.4, 0.5) is 0 Å².